The third-order valence-corrected chi connectivity index (χ3v) is 5.30. The van der Waals surface area contributed by atoms with Gasteiger partial charge in [-0.05, 0) is 12.8 Å². The Bertz CT molecular complexity index is 563. The van der Waals surface area contributed by atoms with E-state index in [1.165, 1.54) is 13.2 Å². The van der Waals surface area contributed by atoms with Crippen molar-refractivity contribution in [3.63, 3.8) is 0 Å². The third-order valence-electron chi connectivity index (χ3n) is 2.88. The van der Waals surface area contributed by atoms with Gasteiger partial charge < -0.3 is 5.11 Å². The molecule has 1 aromatic heterocycles. The second-order valence-corrected chi connectivity index (χ2v) is 6.25. The molecule has 1 N–H and O–H groups in total. The van der Waals surface area contributed by atoms with Crippen LogP contribution in [0.2, 0.25) is 5.02 Å². The van der Waals surface area contributed by atoms with Crippen molar-refractivity contribution < 1.29 is 18.3 Å². The highest BCUT2D eigenvalue weighted by Crippen LogP contribution is 2.29. The van der Waals surface area contributed by atoms with Gasteiger partial charge in [0.15, 0.2) is 5.03 Å². The number of halogens is 1. The molecule has 0 unspecified atom stereocenters. The average molecular weight is 294 g/mol. The molecule has 1 aromatic rings. The Morgan fingerprint density at radius 1 is 1.61 bits per heavy atom. The van der Waals surface area contributed by atoms with Gasteiger partial charge in [0.05, 0.1) is 11.2 Å². The Labute approximate surface area is 109 Å². The summed E-state index contributed by atoms with van der Waals surface area (Å²) in [6.07, 6.45) is 2.05. The van der Waals surface area contributed by atoms with Crippen molar-refractivity contribution in [1.29, 1.82) is 0 Å². The first-order valence-corrected chi connectivity index (χ1v) is 7.09. The maximum atomic E-state index is 12.4. The summed E-state index contributed by atoms with van der Waals surface area (Å²) >= 11 is 5.80. The van der Waals surface area contributed by atoms with Gasteiger partial charge in [0.1, 0.15) is 6.04 Å². The number of sulfonamides is 1. The van der Waals surface area contributed by atoms with E-state index in [0.717, 1.165) is 8.99 Å². The lowest BCUT2D eigenvalue weighted by Gasteiger charge is -2.20. The van der Waals surface area contributed by atoms with Crippen molar-refractivity contribution in [3.8, 4) is 0 Å². The minimum Gasteiger partial charge on any atom is -0.480 e. The predicted molar refractivity (Wildman–Crippen MR) is 62.8 cm³/mol. The zero-order valence-electron chi connectivity index (χ0n) is 9.58. The molecule has 0 aliphatic carbocycles. The van der Waals surface area contributed by atoms with Crippen molar-refractivity contribution in [3.05, 3.63) is 11.2 Å². The van der Waals surface area contributed by atoms with Gasteiger partial charge in [-0.2, -0.15) is 9.40 Å². The Balaban J connectivity index is 2.46. The Morgan fingerprint density at radius 3 is 2.78 bits per heavy atom. The average Bonchev–Trinajstić information content (AvgIpc) is 2.85. The Morgan fingerprint density at radius 2 is 2.28 bits per heavy atom. The summed E-state index contributed by atoms with van der Waals surface area (Å²) in [4.78, 5) is 11.0. The minimum absolute atomic E-state index is 0.00598. The molecule has 0 bridgehead atoms. The molecule has 0 aromatic carbocycles. The van der Waals surface area contributed by atoms with E-state index in [2.05, 4.69) is 5.10 Å². The summed E-state index contributed by atoms with van der Waals surface area (Å²) in [6.45, 7) is 0.181. The summed E-state index contributed by atoms with van der Waals surface area (Å²) in [7, 11) is -2.48. The molecule has 0 radical (unpaired) electrons. The molecule has 0 saturated carbocycles. The van der Waals surface area contributed by atoms with Crippen LogP contribution in [0.4, 0.5) is 0 Å². The molecule has 1 aliphatic heterocycles. The number of hydrogen-bond donors (Lipinski definition) is 1. The molecule has 1 atom stereocenters. The highest BCUT2D eigenvalue weighted by atomic mass is 35.5. The van der Waals surface area contributed by atoms with Gasteiger partial charge in [-0.1, -0.05) is 11.6 Å². The van der Waals surface area contributed by atoms with E-state index in [4.69, 9.17) is 16.7 Å². The van der Waals surface area contributed by atoms with Crippen molar-refractivity contribution in [2.45, 2.75) is 23.9 Å². The highest BCUT2D eigenvalue weighted by Gasteiger charge is 2.41. The van der Waals surface area contributed by atoms with E-state index >= 15 is 0 Å². The molecule has 100 valence electrons. The number of nitrogens with zero attached hydrogens (tertiary/aromatic N) is 3. The topological polar surface area (TPSA) is 92.5 Å². The van der Waals surface area contributed by atoms with Gasteiger partial charge in [-0.25, -0.2) is 8.42 Å². The summed E-state index contributed by atoms with van der Waals surface area (Å²) < 4.78 is 26.8. The van der Waals surface area contributed by atoms with E-state index in [1.54, 1.807) is 0 Å². The second kappa shape index (κ2) is 4.52. The molecule has 1 aliphatic rings. The smallest absolute Gasteiger partial charge is 0.322 e. The molecular formula is C9H12ClN3O4S. The maximum Gasteiger partial charge on any atom is 0.322 e. The molecule has 9 heteroatoms. The quantitative estimate of drug-likeness (QED) is 0.866. The van der Waals surface area contributed by atoms with Crippen LogP contribution in [0.3, 0.4) is 0 Å². The number of carboxylic acids is 1. The van der Waals surface area contributed by atoms with Crippen LogP contribution in [0, 0.1) is 0 Å². The fraction of sp³-hybridized carbons (Fsp3) is 0.556. The van der Waals surface area contributed by atoms with Crippen LogP contribution in [0.5, 0.6) is 0 Å². The number of rotatable bonds is 3. The van der Waals surface area contributed by atoms with Gasteiger partial charge in [-0.15, -0.1) is 0 Å². The molecule has 18 heavy (non-hydrogen) atoms. The predicted octanol–water partition coefficient (Wildman–Crippen LogP) is 0.311. The first kappa shape index (κ1) is 13.3. The summed E-state index contributed by atoms with van der Waals surface area (Å²) in [6, 6.07) is -1.03. The molecular weight excluding hydrogens is 282 g/mol. The maximum absolute atomic E-state index is 12.4. The van der Waals surface area contributed by atoms with Gasteiger partial charge in [0.2, 0.25) is 0 Å². The van der Waals surface area contributed by atoms with Crippen LogP contribution in [-0.4, -0.2) is 46.2 Å². The highest BCUT2D eigenvalue weighted by molar-refractivity contribution is 7.89. The van der Waals surface area contributed by atoms with E-state index < -0.39 is 22.0 Å². The van der Waals surface area contributed by atoms with Crippen molar-refractivity contribution in [2.24, 2.45) is 7.05 Å². The number of aromatic nitrogens is 2. The van der Waals surface area contributed by atoms with Crippen molar-refractivity contribution >= 4 is 27.6 Å². The van der Waals surface area contributed by atoms with Crippen LogP contribution in [0.1, 0.15) is 12.8 Å². The van der Waals surface area contributed by atoms with Crippen LogP contribution < -0.4 is 0 Å². The van der Waals surface area contributed by atoms with Crippen molar-refractivity contribution in [2.75, 3.05) is 6.54 Å². The van der Waals surface area contributed by atoms with Crippen LogP contribution in [0.15, 0.2) is 11.2 Å². The lowest BCUT2D eigenvalue weighted by atomic mass is 10.2. The number of aryl methyl sites for hydroxylation is 1. The fourth-order valence-corrected chi connectivity index (χ4v) is 4.34. The number of carbonyl (C=O) groups is 1. The SMILES string of the molecule is Cn1ncc(Cl)c1S(=O)(=O)N1CCC[C@H]1C(=O)O. The van der Waals surface area contributed by atoms with E-state index in [-0.39, 0.29) is 16.6 Å². The molecule has 0 amide bonds. The number of aliphatic carboxylic acids is 1. The van der Waals surface area contributed by atoms with Gasteiger partial charge in [0, 0.05) is 13.6 Å². The molecule has 7 nitrogen and oxygen atoms in total. The standard InChI is InChI=1S/C9H12ClN3O4S/c1-12-8(6(10)5-11-12)18(16,17)13-4-2-3-7(13)9(14)15/h5,7H,2-4H2,1H3,(H,14,15)/t7-/m0/s1. The van der Waals surface area contributed by atoms with Gasteiger partial charge >= 0.3 is 5.97 Å². The first-order valence-electron chi connectivity index (χ1n) is 5.28. The summed E-state index contributed by atoms with van der Waals surface area (Å²) in [5, 5.41) is 12.6. The summed E-state index contributed by atoms with van der Waals surface area (Å²) in [5.74, 6) is -1.14. The van der Waals surface area contributed by atoms with Gasteiger partial charge in [0.25, 0.3) is 10.0 Å². The van der Waals surface area contributed by atoms with Crippen molar-refractivity contribution in [1.82, 2.24) is 14.1 Å². The van der Waals surface area contributed by atoms with E-state index in [1.807, 2.05) is 0 Å². The van der Waals surface area contributed by atoms with Gasteiger partial charge in [-0.3, -0.25) is 9.48 Å². The van der Waals surface area contributed by atoms with Crippen LogP contribution >= 0.6 is 11.6 Å². The largest absolute Gasteiger partial charge is 0.480 e. The Hall–Kier alpha value is -1.12. The Kier molecular flexibility index (Phi) is 3.35. The first-order chi connectivity index (χ1) is 8.35. The van der Waals surface area contributed by atoms with Crippen LogP contribution in [0.25, 0.3) is 0 Å². The molecule has 2 rings (SSSR count). The molecule has 1 fully saturated rings. The summed E-state index contributed by atoms with van der Waals surface area (Å²) in [5.41, 5.74) is 0. The molecule has 0 spiro atoms. The lowest BCUT2D eigenvalue weighted by molar-refractivity contribution is -0.140. The van der Waals surface area contributed by atoms with Crippen LogP contribution in [-0.2, 0) is 21.9 Å². The molecule has 2 heterocycles. The minimum atomic E-state index is -3.93. The second-order valence-electron chi connectivity index (χ2n) is 4.03. The zero-order chi connectivity index (χ0) is 13.5. The third kappa shape index (κ3) is 2.00. The van der Waals surface area contributed by atoms with E-state index in [0.29, 0.717) is 12.8 Å². The van der Waals surface area contributed by atoms with E-state index in [9.17, 15) is 13.2 Å². The zero-order valence-corrected chi connectivity index (χ0v) is 11.1. The lowest BCUT2D eigenvalue weighted by Crippen LogP contribution is -2.41. The molecule has 1 saturated heterocycles. The number of hydrogen-bond acceptors (Lipinski definition) is 4. The number of carboxylic acid groups (broad SMARTS) is 1. The normalized spacial score (nSPS) is 21.3. The monoisotopic (exact) mass is 293 g/mol. The fourth-order valence-electron chi connectivity index (χ4n) is 2.08.